The van der Waals surface area contributed by atoms with Gasteiger partial charge in [0.15, 0.2) is 0 Å². The van der Waals surface area contributed by atoms with Gasteiger partial charge in [-0.15, -0.1) is 0 Å². The van der Waals surface area contributed by atoms with E-state index >= 15 is 0 Å². The largest absolute Gasteiger partial charge is 0.411 e. The first-order valence-corrected chi connectivity index (χ1v) is 7.14. The molecule has 0 saturated heterocycles. The molecule has 5 heteroatoms. The van der Waals surface area contributed by atoms with E-state index in [2.05, 4.69) is 36.0 Å². The molecule has 0 radical (unpaired) electrons. The van der Waals surface area contributed by atoms with E-state index < -0.39 is 12.8 Å². The molecule has 1 atom stereocenters. The Kier molecular flexibility index (Phi) is 6.68. The molecule has 1 aromatic rings. The molecule has 1 rings (SSSR count). The van der Waals surface area contributed by atoms with E-state index in [4.69, 9.17) is 0 Å². The normalized spacial score (nSPS) is 14.2. The van der Waals surface area contributed by atoms with Gasteiger partial charge in [-0.1, -0.05) is 44.2 Å². The van der Waals surface area contributed by atoms with E-state index in [9.17, 15) is 13.2 Å². The summed E-state index contributed by atoms with van der Waals surface area (Å²) in [6.07, 6.45) is -3.35. The summed E-state index contributed by atoms with van der Waals surface area (Å²) in [5.74, 6) is 0. The van der Waals surface area contributed by atoms with Gasteiger partial charge < -0.3 is 10.1 Å². The quantitative estimate of drug-likeness (QED) is 0.735. The van der Waals surface area contributed by atoms with Crippen molar-refractivity contribution in [3.8, 4) is 0 Å². The van der Waals surface area contributed by atoms with Gasteiger partial charge in [0, 0.05) is 12.6 Å². The van der Waals surface area contributed by atoms with Crippen LogP contribution in [0.15, 0.2) is 30.3 Å². The molecule has 1 aromatic carbocycles. The summed E-state index contributed by atoms with van der Waals surface area (Å²) in [7, 11) is 0. The molecule has 2 nitrogen and oxygen atoms in total. The molecule has 0 saturated carbocycles. The summed E-state index contributed by atoms with van der Waals surface area (Å²) in [6.45, 7) is 5.67. The minimum Gasteiger partial charge on any atom is -0.371 e. The molecule has 0 fully saturated rings. The lowest BCUT2D eigenvalue weighted by Crippen LogP contribution is -2.35. The molecule has 0 aromatic heterocycles. The Morgan fingerprint density at radius 3 is 2.33 bits per heavy atom. The van der Waals surface area contributed by atoms with Crippen molar-refractivity contribution in [3.05, 3.63) is 35.9 Å². The van der Waals surface area contributed by atoms with Gasteiger partial charge in [0.2, 0.25) is 0 Å². The summed E-state index contributed by atoms with van der Waals surface area (Å²) in [6, 6.07) is 10.4. The highest BCUT2D eigenvalue weighted by Gasteiger charge is 2.27. The molecule has 0 aliphatic carbocycles. The molecule has 120 valence electrons. The van der Waals surface area contributed by atoms with Crippen LogP contribution in [0, 0.1) is 0 Å². The molecule has 1 N–H and O–H groups in total. The first-order chi connectivity index (χ1) is 9.71. The zero-order valence-electron chi connectivity index (χ0n) is 12.8. The minimum atomic E-state index is -4.25. The summed E-state index contributed by atoms with van der Waals surface area (Å²) < 4.78 is 40.3. The maximum atomic E-state index is 11.9. The van der Waals surface area contributed by atoms with Crippen LogP contribution in [0.25, 0.3) is 0 Å². The third-order valence-electron chi connectivity index (χ3n) is 3.38. The van der Waals surface area contributed by atoms with Crippen LogP contribution in [0.2, 0.25) is 0 Å². The average Bonchev–Trinajstić information content (AvgIpc) is 2.37. The third-order valence-corrected chi connectivity index (χ3v) is 3.38. The van der Waals surface area contributed by atoms with E-state index in [1.165, 1.54) is 5.56 Å². The number of nitrogens with one attached hydrogen (secondary N) is 1. The van der Waals surface area contributed by atoms with Crippen molar-refractivity contribution < 1.29 is 17.9 Å². The second-order valence-electron chi connectivity index (χ2n) is 5.98. The van der Waals surface area contributed by atoms with E-state index in [1.807, 2.05) is 25.1 Å². The van der Waals surface area contributed by atoms with Crippen LogP contribution in [0.5, 0.6) is 0 Å². The lowest BCUT2D eigenvalue weighted by Gasteiger charge is -2.29. The van der Waals surface area contributed by atoms with Crippen molar-refractivity contribution in [2.24, 2.45) is 0 Å². The Morgan fingerprint density at radius 2 is 1.76 bits per heavy atom. The predicted octanol–water partition coefficient (Wildman–Crippen LogP) is 3.91. The highest BCUT2D eigenvalue weighted by Crippen LogP contribution is 2.28. The van der Waals surface area contributed by atoms with Gasteiger partial charge in [-0.3, -0.25) is 0 Å². The lowest BCUT2D eigenvalue weighted by molar-refractivity contribution is -0.173. The second kappa shape index (κ2) is 7.80. The van der Waals surface area contributed by atoms with E-state index in [0.29, 0.717) is 6.54 Å². The van der Waals surface area contributed by atoms with Gasteiger partial charge in [0.25, 0.3) is 0 Å². The number of benzene rings is 1. The molecule has 0 aliphatic rings. The van der Waals surface area contributed by atoms with E-state index in [1.54, 1.807) is 0 Å². The van der Waals surface area contributed by atoms with Gasteiger partial charge in [-0.05, 0) is 24.3 Å². The van der Waals surface area contributed by atoms with Crippen molar-refractivity contribution in [1.29, 1.82) is 0 Å². The zero-order valence-corrected chi connectivity index (χ0v) is 12.8. The average molecular weight is 303 g/mol. The van der Waals surface area contributed by atoms with Gasteiger partial charge in [-0.2, -0.15) is 13.2 Å². The predicted molar refractivity (Wildman–Crippen MR) is 78.4 cm³/mol. The SMILES string of the molecule is CC(CC(C)(C)c1ccccc1)NCCOCC(F)(F)F. The van der Waals surface area contributed by atoms with Crippen LogP contribution >= 0.6 is 0 Å². The molecule has 0 amide bonds. The number of rotatable bonds is 8. The Hall–Kier alpha value is -1.07. The summed E-state index contributed by atoms with van der Waals surface area (Å²) >= 11 is 0. The maximum absolute atomic E-state index is 11.9. The van der Waals surface area contributed by atoms with Gasteiger partial charge in [0.05, 0.1) is 6.61 Å². The topological polar surface area (TPSA) is 21.3 Å². The second-order valence-corrected chi connectivity index (χ2v) is 5.98. The minimum absolute atomic E-state index is 0.0144. The molecular formula is C16H24F3NO. The maximum Gasteiger partial charge on any atom is 0.411 e. The fourth-order valence-electron chi connectivity index (χ4n) is 2.41. The molecule has 1 unspecified atom stereocenters. The van der Waals surface area contributed by atoms with Gasteiger partial charge >= 0.3 is 6.18 Å². The van der Waals surface area contributed by atoms with E-state index in [0.717, 1.165) is 6.42 Å². The van der Waals surface area contributed by atoms with Crippen LogP contribution in [0.4, 0.5) is 13.2 Å². The smallest absolute Gasteiger partial charge is 0.371 e. The van der Waals surface area contributed by atoms with Crippen molar-refractivity contribution in [1.82, 2.24) is 5.32 Å². The highest BCUT2D eigenvalue weighted by atomic mass is 19.4. The van der Waals surface area contributed by atoms with Crippen LogP contribution in [-0.2, 0) is 10.2 Å². The number of ether oxygens (including phenoxy) is 1. The lowest BCUT2D eigenvalue weighted by atomic mass is 9.79. The van der Waals surface area contributed by atoms with Crippen molar-refractivity contribution in [2.45, 2.75) is 44.8 Å². The van der Waals surface area contributed by atoms with E-state index in [-0.39, 0.29) is 18.1 Å². The Bertz CT molecular complexity index is 404. The Balaban J connectivity index is 2.29. The molecule has 0 heterocycles. The first-order valence-electron chi connectivity index (χ1n) is 7.14. The number of alkyl halides is 3. The van der Waals surface area contributed by atoms with Crippen molar-refractivity contribution in [2.75, 3.05) is 19.8 Å². The standard InChI is InChI=1S/C16H24F3NO/c1-13(20-9-10-21-12-16(17,18)19)11-15(2,3)14-7-5-4-6-8-14/h4-8,13,20H,9-12H2,1-3H3. The molecular weight excluding hydrogens is 279 g/mol. The number of hydrogen-bond acceptors (Lipinski definition) is 2. The summed E-state index contributed by atoms with van der Waals surface area (Å²) in [5, 5.41) is 3.20. The molecule has 0 spiro atoms. The molecule has 0 aliphatic heterocycles. The van der Waals surface area contributed by atoms with Crippen LogP contribution < -0.4 is 5.32 Å². The third kappa shape index (κ3) is 7.48. The highest BCUT2D eigenvalue weighted by molar-refractivity contribution is 5.23. The first kappa shape index (κ1) is 18.0. The molecule has 0 bridgehead atoms. The van der Waals surface area contributed by atoms with Crippen LogP contribution in [0.3, 0.4) is 0 Å². The summed E-state index contributed by atoms with van der Waals surface area (Å²) in [4.78, 5) is 0. The Labute approximate surface area is 124 Å². The van der Waals surface area contributed by atoms with Crippen molar-refractivity contribution in [3.63, 3.8) is 0 Å². The van der Waals surface area contributed by atoms with Gasteiger partial charge in [-0.25, -0.2) is 0 Å². The zero-order chi connectivity index (χ0) is 15.9. The fourth-order valence-corrected chi connectivity index (χ4v) is 2.41. The fraction of sp³-hybridized carbons (Fsp3) is 0.625. The Morgan fingerprint density at radius 1 is 1.14 bits per heavy atom. The van der Waals surface area contributed by atoms with Crippen LogP contribution in [0.1, 0.15) is 32.8 Å². The van der Waals surface area contributed by atoms with Crippen molar-refractivity contribution >= 4 is 0 Å². The number of halogens is 3. The van der Waals surface area contributed by atoms with Crippen LogP contribution in [-0.4, -0.2) is 32.0 Å². The number of hydrogen-bond donors (Lipinski definition) is 1. The molecule has 21 heavy (non-hydrogen) atoms. The monoisotopic (exact) mass is 303 g/mol. The van der Waals surface area contributed by atoms with Gasteiger partial charge in [0.1, 0.15) is 6.61 Å². The summed E-state index contributed by atoms with van der Waals surface area (Å²) in [5.41, 5.74) is 1.27.